The second-order valence-electron chi connectivity index (χ2n) is 5.42. The van der Waals surface area contributed by atoms with Gasteiger partial charge in [0.1, 0.15) is 17.7 Å². The molecule has 5 heteroatoms. The first-order valence-corrected chi connectivity index (χ1v) is 7.40. The summed E-state index contributed by atoms with van der Waals surface area (Å²) in [5.74, 6) is 0.386. The highest BCUT2D eigenvalue weighted by Crippen LogP contribution is 2.19. The van der Waals surface area contributed by atoms with Crippen molar-refractivity contribution in [3.05, 3.63) is 48.8 Å². The third-order valence-electron chi connectivity index (χ3n) is 3.87. The molecule has 1 saturated heterocycles. The number of hydrogen-bond acceptors (Lipinski definition) is 3. The van der Waals surface area contributed by atoms with Crippen LogP contribution in [0, 0.1) is 5.82 Å². The molecule has 2 aromatic rings. The summed E-state index contributed by atoms with van der Waals surface area (Å²) in [4.78, 5) is 6.48. The van der Waals surface area contributed by atoms with Crippen molar-refractivity contribution in [3.63, 3.8) is 0 Å². The third-order valence-corrected chi connectivity index (χ3v) is 3.87. The zero-order chi connectivity index (χ0) is 14.5. The van der Waals surface area contributed by atoms with Crippen molar-refractivity contribution in [1.29, 1.82) is 0 Å². The van der Waals surface area contributed by atoms with E-state index in [1.807, 2.05) is 18.6 Å². The lowest BCUT2D eigenvalue weighted by atomic mass is 10.1. The van der Waals surface area contributed by atoms with Crippen molar-refractivity contribution in [2.24, 2.45) is 0 Å². The van der Waals surface area contributed by atoms with Gasteiger partial charge in [-0.25, -0.2) is 9.37 Å². The van der Waals surface area contributed by atoms with Crippen LogP contribution in [0.1, 0.15) is 12.8 Å². The molecule has 1 aromatic carbocycles. The SMILES string of the molecule is Fc1cccc(OC2CCN(CCn3ccnc3)CC2)c1. The molecule has 3 rings (SSSR count). The fourth-order valence-electron chi connectivity index (χ4n) is 2.66. The molecule has 1 aromatic heterocycles. The van der Waals surface area contributed by atoms with Crippen molar-refractivity contribution >= 4 is 0 Å². The van der Waals surface area contributed by atoms with Crippen molar-refractivity contribution in [3.8, 4) is 5.75 Å². The minimum absolute atomic E-state index is 0.191. The molecule has 1 fully saturated rings. The van der Waals surface area contributed by atoms with Crippen LogP contribution < -0.4 is 4.74 Å². The Morgan fingerprint density at radius 3 is 2.81 bits per heavy atom. The molecule has 0 amide bonds. The van der Waals surface area contributed by atoms with E-state index >= 15 is 0 Å². The highest BCUT2D eigenvalue weighted by molar-refractivity contribution is 5.22. The largest absolute Gasteiger partial charge is 0.490 e. The average molecular weight is 289 g/mol. The normalized spacial score (nSPS) is 17.0. The van der Waals surface area contributed by atoms with E-state index in [1.165, 1.54) is 12.1 Å². The van der Waals surface area contributed by atoms with E-state index in [2.05, 4.69) is 14.5 Å². The van der Waals surface area contributed by atoms with Gasteiger partial charge in [-0.3, -0.25) is 0 Å². The summed E-state index contributed by atoms with van der Waals surface area (Å²) in [6, 6.07) is 6.39. The molecule has 21 heavy (non-hydrogen) atoms. The summed E-state index contributed by atoms with van der Waals surface area (Å²) >= 11 is 0. The molecule has 4 nitrogen and oxygen atoms in total. The molecule has 0 spiro atoms. The molecule has 0 unspecified atom stereocenters. The van der Waals surface area contributed by atoms with E-state index in [1.54, 1.807) is 12.3 Å². The van der Waals surface area contributed by atoms with Crippen LogP contribution >= 0.6 is 0 Å². The predicted molar refractivity (Wildman–Crippen MR) is 78.7 cm³/mol. The zero-order valence-electron chi connectivity index (χ0n) is 12.0. The number of piperidine rings is 1. The first kappa shape index (κ1) is 14.1. The number of benzene rings is 1. The van der Waals surface area contributed by atoms with Crippen LogP contribution in [-0.2, 0) is 6.54 Å². The van der Waals surface area contributed by atoms with Crippen molar-refractivity contribution in [1.82, 2.24) is 14.5 Å². The van der Waals surface area contributed by atoms with Gasteiger partial charge >= 0.3 is 0 Å². The van der Waals surface area contributed by atoms with Gasteiger partial charge < -0.3 is 14.2 Å². The Kier molecular flexibility index (Phi) is 4.50. The van der Waals surface area contributed by atoms with E-state index in [4.69, 9.17) is 4.74 Å². The number of imidazole rings is 1. The van der Waals surface area contributed by atoms with Gasteiger partial charge in [0.05, 0.1) is 6.33 Å². The lowest BCUT2D eigenvalue weighted by molar-refractivity contribution is 0.0983. The third kappa shape index (κ3) is 4.04. The molecular formula is C16H20FN3O. The minimum atomic E-state index is -0.245. The second-order valence-corrected chi connectivity index (χ2v) is 5.42. The maximum atomic E-state index is 13.1. The summed E-state index contributed by atoms with van der Waals surface area (Å²) in [6.45, 7) is 4.04. The van der Waals surface area contributed by atoms with Crippen LogP contribution in [0.2, 0.25) is 0 Å². The van der Waals surface area contributed by atoms with E-state index in [9.17, 15) is 4.39 Å². The van der Waals surface area contributed by atoms with Crippen LogP contribution in [0.4, 0.5) is 4.39 Å². The van der Waals surface area contributed by atoms with Gasteiger partial charge in [0.25, 0.3) is 0 Å². The summed E-state index contributed by atoms with van der Waals surface area (Å²) in [5.41, 5.74) is 0. The second kappa shape index (κ2) is 6.72. The summed E-state index contributed by atoms with van der Waals surface area (Å²) in [5, 5.41) is 0. The zero-order valence-corrected chi connectivity index (χ0v) is 12.0. The maximum Gasteiger partial charge on any atom is 0.126 e. The van der Waals surface area contributed by atoms with E-state index < -0.39 is 0 Å². The highest BCUT2D eigenvalue weighted by atomic mass is 19.1. The summed E-state index contributed by atoms with van der Waals surface area (Å²) < 4.78 is 21.1. The Morgan fingerprint density at radius 1 is 1.24 bits per heavy atom. The van der Waals surface area contributed by atoms with Crippen molar-refractivity contribution in [2.75, 3.05) is 19.6 Å². The fraction of sp³-hybridized carbons (Fsp3) is 0.438. The Labute approximate surface area is 124 Å². The summed E-state index contributed by atoms with van der Waals surface area (Å²) in [7, 11) is 0. The number of hydrogen-bond donors (Lipinski definition) is 0. The molecule has 0 aliphatic carbocycles. The minimum Gasteiger partial charge on any atom is -0.490 e. The van der Waals surface area contributed by atoms with E-state index in [-0.39, 0.29) is 11.9 Å². The molecule has 0 atom stereocenters. The van der Waals surface area contributed by atoms with E-state index in [0.717, 1.165) is 39.0 Å². The van der Waals surface area contributed by atoms with Crippen LogP contribution in [-0.4, -0.2) is 40.2 Å². The lowest BCUT2D eigenvalue weighted by Gasteiger charge is -2.32. The number of nitrogens with zero attached hydrogens (tertiary/aromatic N) is 3. The van der Waals surface area contributed by atoms with E-state index in [0.29, 0.717) is 5.75 Å². The highest BCUT2D eigenvalue weighted by Gasteiger charge is 2.20. The molecule has 0 bridgehead atoms. The van der Waals surface area contributed by atoms with Gasteiger partial charge in [0.2, 0.25) is 0 Å². The van der Waals surface area contributed by atoms with Gasteiger partial charge in [-0.15, -0.1) is 0 Å². The van der Waals surface area contributed by atoms with Crippen molar-refractivity contribution in [2.45, 2.75) is 25.5 Å². The topological polar surface area (TPSA) is 30.3 Å². The molecule has 0 saturated carbocycles. The van der Waals surface area contributed by atoms with Crippen LogP contribution in [0.15, 0.2) is 43.0 Å². The molecule has 0 radical (unpaired) electrons. The Balaban J connectivity index is 1.42. The van der Waals surface area contributed by atoms with Gasteiger partial charge in [0.15, 0.2) is 0 Å². The number of aromatic nitrogens is 2. The molecule has 2 heterocycles. The molecule has 1 aliphatic rings. The maximum absolute atomic E-state index is 13.1. The molecule has 1 aliphatic heterocycles. The Morgan fingerprint density at radius 2 is 2.10 bits per heavy atom. The van der Waals surface area contributed by atoms with Crippen LogP contribution in [0.3, 0.4) is 0 Å². The standard InChI is InChI=1S/C16H20FN3O/c17-14-2-1-3-16(12-14)21-15-4-7-19(8-5-15)10-11-20-9-6-18-13-20/h1-3,6,9,12-13,15H,4-5,7-8,10-11H2. The Hall–Kier alpha value is -1.88. The first-order chi connectivity index (χ1) is 10.3. The van der Waals surface area contributed by atoms with Gasteiger partial charge in [0, 0.05) is 44.6 Å². The van der Waals surface area contributed by atoms with Crippen LogP contribution in [0.5, 0.6) is 5.75 Å². The number of rotatable bonds is 5. The van der Waals surface area contributed by atoms with Gasteiger partial charge in [-0.05, 0) is 25.0 Å². The van der Waals surface area contributed by atoms with Crippen LogP contribution in [0.25, 0.3) is 0 Å². The monoisotopic (exact) mass is 289 g/mol. The van der Waals surface area contributed by atoms with Gasteiger partial charge in [-0.1, -0.05) is 6.07 Å². The average Bonchev–Trinajstić information content (AvgIpc) is 3.00. The smallest absolute Gasteiger partial charge is 0.126 e. The number of halogens is 1. The van der Waals surface area contributed by atoms with Crippen molar-refractivity contribution < 1.29 is 9.13 Å². The Bertz CT molecular complexity index is 550. The first-order valence-electron chi connectivity index (χ1n) is 7.40. The van der Waals surface area contributed by atoms with Gasteiger partial charge in [-0.2, -0.15) is 0 Å². The lowest BCUT2D eigenvalue weighted by Crippen LogP contribution is -2.39. The molecular weight excluding hydrogens is 269 g/mol. The number of ether oxygens (including phenoxy) is 1. The molecule has 0 N–H and O–H groups in total. The quantitative estimate of drug-likeness (QED) is 0.847. The fourth-order valence-corrected chi connectivity index (χ4v) is 2.66. The predicted octanol–water partition coefficient (Wildman–Crippen LogP) is 2.57. The number of likely N-dealkylation sites (tertiary alicyclic amines) is 1. The molecule has 112 valence electrons. The summed E-state index contributed by atoms with van der Waals surface area (Å²) in [6.07, 6.45) is 7.80.